The minimum absolute atomic E-state index is 0.133. The number of sulfonamides is 1. The van der Waals surface area contributed by atoms with E-state index in [0.29, 0.717) is 29.9 Å². The number of carbonyl (C=O) groups is 2. The van der Waals surface area contributed by atoms with Crippen LogP contribution in [-0.4, -0.2) is 55.8 Å². The zero-order chi connectivity index (χ0) is 21.0. The SMILES string of the molecule is CN(C(C(=O)Nc1ccccc1C(=O)N1CCCC1)c1ccccc1)S(C)(=O)=O. The molecule has 1 saturated heterocycles. The molecule has 2 aromatic rings. The second-order valence-electron chi connectivity index (χ2n) is 7.13. The number of nitrogens with one attached hydrogen (secondary N) is 1. The molecule has 8 heteroatoms. The molecule has 2 amide bonds. The first-order valence-electron chi connectivity index (χ1n) is 9.46. The second kappa shape index (κ2) is 8.75. The first kappa shape index (κ1) is 21.0. The molecular formula is C21H25N3O4S. The third kappa shape index (κ3) is 4.83. The van der Waals surface area contributed by atoms with Crippen LogP contribution in [0, 0.1) is 0 Å². The highest BCUT2D eigenvalue weighted by molar-refractivity contribution is 7.88. The first-order valence-corrected chi connectivity index (χ1v) is 11.3. The van der Waals surface area contributed by atoms with Crippen molar-refractivity contribution in [3.63, 3.8) is 0 Å². The minimum Gasteiger partial charge on any atom is -0.339 e. The molecule has 1 N–H and O–H groups in total. The van der Waals surface area contributed by atoms with Crippen LogP contribution in [0.15, 0.2) is 54.6 Å². The molecule has 0 saturated carbocycles. The number of likely N-dealkylation sites (N-methyl/N-ethyl adjacent to an activating group) is 1. The summed E-state index contributed by atoms with van der Waals surface area (Å²) in [4.78, 5) is 27.8. The quantitative estimate of drug-likeness (QED) is 0.785. The predicted molar refractivity (Wildman–Crippen MR) is 112 cm³/mol. The standard InChI is InChI=1S/C21H25N3O4S/c1-23(29(2,27)28)19(16-10-4-3-5-11-16)20(25)22-18-13-7-6-12-17(18)21(26)24-14-8-9-15-24/h3-7,10-13,19H,8-9,14-15H2,1-2H3,(H,22,25). The molecule has 0 spiro atoms. The molecule has 1 heterocycles. The number of anilines is 1. The van der Waals surface area contributed by atoms with Gasteiger partial charge in [0.15, 0.2) is 0 Å². The van der Waals surface area contributed by atoms with Crippen LogP contribution in [0.25, 0.3) is 0 Å². The van der Waals surface area contributed by atoms with Gasteiger partial charge >= 0.3 is 0 Å². The Labute approximate surface area is 171 Å². The summed E-state index contributed by atoms with van der Waals surface area (Å²) in [6.07, 6.45) is 2.99. The zero-order valence-corrected chi connectivity index (χ0v) is 17.4. The van der Waals surface area contributed by atoms with Gasteiger partial charge in [0.05, 0.1) is 17.5 Å². The molecule has 1 aliphatic rings. The summed E-state index contributed by atoms with van der Waals surface area (Å²) in [7, 11) is -2.26. The summed E-state index contributed by atoms with van der Waals surface area (Å²) in [6, 6.07) is 14.4. The van der Waals surface area contributed by atoms with Gasteiger partial charge in [-0.15, -0.1) is 0 Å². The molecular weight excluding hydrogens is 390 g/mol. The normalized spacial score (nSPS) is 15.3. The van der Waals surface area contributed by atoms with Crippen LogP contribution in [-0.2, 0) is 14.8 Å². The number of hydrogen-bond donors (Lipinski definition) is 1. The number of benzene rings is 2. The van der Waals surface area contributed by atoms with Crippen LogP contribution in [0.5, 0.6) is 0 Å². The zero-order valence-electron chi connectivity index (χ0n) is 16.5. The van der Waals surface area contributed by atoms with E-state index in [-0.39, 0.29) is 5.91 Å². The van der Waals surface area contributed by atoms with Crippen molar-refractivity contribution >= 4 is 27.5 Å². The van der Waals surface area contributed by atoms with Crippen LogP contribution >= 0.6 is 0 Å². The number of amides is 2. The van der Waals surface area contributed by atoms with Crippen molar-refractivity contribution in [1.82, 2.24) is 9.21 Å². The second-order valence-corrected chi connectivity index (χ2v) is 9.17. The van der Waals surface area contributed by atoms with Gasteiger partial charge in [-0.3, -0.25) is 9.59 Å². The monoisotopic (exact) mass is 415 g/mol. The Morgan fingerprint density at radius 3 is 2.21 bits per heavy atom. The highest BCUT2D eigenvalue weighted by Crippen LogP contribution is 2.26. The Morgan fingerprint density at radius 2 is 1.59 bits per heavy atom. The molecule has 0 radical (unpaired) electrons. The van der Waals surface area contributed by atoms with Gasteiger partial charge in [0.25, 0.3) is 5.91 Å². The summed E-state index contributed by atoms with van der Waals surface area (Å²) in [5, 5.41) is 2.77. The smallest absolute Gasteiger partial charge is 0.255 e. The summed E-state index contributed by atoms with van der Waals surface area (Å²) < 4.78 is 25.3. The fraction of sp³-hybridized carbons (Fsp3) is 0.333. The van der Waals surface area contributed by atoms with Gasteiger partial charge in [-0.25, -0.2) is 8.42 Å². The Kier molecular flexibility index (Phi) is 6.34. The Hall–Kier alpha value is -2.71. The van der Waals surface area contributed by atoms with Crippen LogP contribution in [0.3, 0.4) is 0 Å². The van der Waals surface area contributed by atoms with Gasteiger partial charge in [-0.05, 0) is 30.5 Å². The molecule has 0 bridgehead atoms. The molecule has 3 rings (SSSR count). The third-order valence-electron chi connectivity index (χ3n) is 5.06. The fourth-order valence-electron chi connectivity index (χ4n) is 3.42. The lowest BCUT2D eigenvalue weighted by atomic mass is 10.1. The molecule has 29 heavy (non-hydrogen) atoms. The maximum Gasteiger partial charge on any atom is 0.255 e. The molecule has 154 valence electrons. The highest BCUT2D eigenvalue weighted by Gasteiger charge is 2.31. The molecule has 0 aromatic heterocycles. The average molecular weight is 416 g/mol. The average Bonchev–Trinajstić information content (AvgIpc) is 3.23. The number of rotatable bonds is 6. The first-order chi connectivity index (χ1) is 13.8. The van der Waals surface area contributed by atoms with Crippen molar-refractivity contribution in [2.24, 2.45) is 0 Å². The summed E-state index contributed by atoms with van der Waals surface area (Å²) in [5.74, 6) is -0.656. The van der Waals surface area contributed by atoms with Crippen molar-refractivity contribution in [3.8, 4) is 0 Å². The lowest BCUT2D eigenvalue weighted by molar-refractivity contribution is -0.119. The topological polar surface area (TPSA) is 86.8 Å². The van der Waals surface area contributed by atoms with Crippen LogP contribution in [0.4, 0.5) is 5.69 Å². The van der Waals surface area contributed by atoms with Crippen molar-refractivity contribution < 1.29 is 18.0 Å². The number of carbonyl (C=O) groups excluding carboxylic acids is 2. The van der Waals surface area contributed by atoms with Gasteiger partial charge in [0.2, 0.25) is 15.9 Å². The van der Waals surface area contributed by atoms with Crippen LogP contribution in [0.2, 0.25) is 0 Å². The molecule has 1 fully saturated rings. The van der Waals surface area contributed by atoms with E-state index in [2.05, 4.69) is 5.32 Å². The van der Waals surface area contributed by atoms with Gasteiger partial charge in [-0.1, -0.05) is 42.5 Å². The van der Waals surface area contributed by atoms with E-state index < -0.39 is 22.0 Å². The Balaban J connectivity index is 1.92. The molecule has 2 aromatic carbocycles. The van der Waals surface area contributed by atoms with Crippen molar-refractivity contribution in [1.29, 1.82) is 0 Å². The summed E-state index contributed by atoms with van der Waals surface area (Å²) in [5.41, 5.74) is 1.31. The Bertz CT molecular complexity index is 986. The highest BCUT2D eigenvalue weighted by atomic mass is 32.2. The minimum atomic E-state index is -3.63. The van der Waals surface area contributed by atoms with E-state index in [9.17, 15) is 18.0 Å². The molecule has 1 atom stereocenters. The number of likely N-dealkylation sites (tertiary alicyclic amines) is 1. The van der Waals surface area contributed by atoms with E-state index in [1.165, 1.54) is 7.05 Å². The van der Waals surface area contributed by atoms with Gasteiger partial charge < -0.3 is 10.2 Å². The van der Waals surface area contributed by atoms with E-state index in [1.54, 1.807) is 59.5 Å². The third-order valence-corrected chi connectivity index (χ3v) is 6.32. The summed E-state index contributed by atoms with van der Waals surface area (Å²) in [6.45, 7) is 1.40. The maximum atomic E-state index is 13.2. The Morgan fingerprint density at radius 1 is 1.00 bits per heavy atom. The predicted octanol–water partition coefficient (Wildman–Crippen LogP) is 2.49. The van der Waals surface area contributed by atoms with E-state index in [1.807, 2.05) is 0 Å². The van der Waals surface area contributed by atoms with E-state index >= 15 is 0 Å². The van der Waals surface area contributed by atoms with Gasteiger partial charge in [-0.2, -0.15) is 4.31 Å². The number of hydrogen-bond acceptors (Lipinski definition) is 4. The summed E-state index contributed by atoms with van der Waals surface area (Å²) >= 11 is 0. The van der Waals surface area contributed by atoms with Crippen molar-refractivity contribution in [3.05, 3.63) is 65.7 Å². The van der Waals surface area contributed by atoms with Gasteiger partial charge in [0, 0.05) is 20.1 Å². The lowest BCUT2D eigenvalue weighted by Crippen LogP contribution is -2.38. The molecule has 7 nitrogen and oxygen atoms in total. The van der Waals surface area contributed by atoms with Gasteiger partial charge in [0.1, 0.15) is 6.04 Å². The number of nitrogens with zero attached hydrogens (tertiary/aromatic N) is 2. The van der Waals surface area contributed by atoms with E-state index in [0.717, 1.165) is 23.4 Å². The molecule has 1 aliphatic heterocycles. The lowest BCUT2D eigenvalue weighted by Gasteiger charge is -2.26. The fourth-order valence-corrected chi connectivity index (χ4v) is 4.02. The maximum absolute atomic E-state index is 13.2. The van der Waals surface area contributed by atoms with E-state index in [4.69, 9.17) is 0 Å². The number of para-hydroxylation sites is 1. The molecule has 1 unspecified atom stereocenters. The van der Waals surface area contributed by atoms with Crippen LogP contribution in [0.1, 0.15) is 34.8 Å². The largest absolute Gasteiger partial charge is 0.339 e. The van der Waals surface area contributed by atoms with Crippen molar-refractivity contribution in [2.45, 2.75) is 18.9 Å². The molecule has 0 aliphatic carbocycles. The van der Waals surface area contributed by atoms with Crippen molar-refractivity contribution in [2.75, 3.05) is 31.7 Å². The van der Waals surface area contributed by atoms with Crippen LogP contribution < -0.4 is 5.32 Å².